The Morgan fingerprint density at radius 1 is 1.50 bits per heavy atom. The Balaban J connectivity index is 2.58. The van der Waals surface area contributed by atoms with Crippen molar-refractivity contribution in [2.75, 3.05) is 24.6 Å². The monoisotopic (exact) mass is 216 g/mol. The first-order valence-corrected chi connectivity index (χ1v) is 6.39. The molecule has 0 aromatic carbocycles. The van der Waals surface area contributed by atoms with Crippen LogP contribution in [0.2, 0.25) is 0 Å². The highest BCUT2D eigenvalue weighted by Gasteiger charge is 2.30. The van der Waals surface area contributed by atoms with Crippen LogP contribution in [0.1, 0.15) is 26.7 Å². The van der Waals surface area contributed by atoms with Gasteiger partial charge in [-0.25, -0.2) is 0 Å². The molecule has 1 aliphatic heterocycles. The maximum atomic E-state index is 12.0. The molecule has 1 fully saturated rings. The topological polar surface area (TPSA) is 46.3 Å². The van der Waals surface area contributed by atoms with Gasteiger partial charge in [0, 0.05) is 18.8 Å². The predicted octanol–water partition coefficient (Wildman–Crippen LogP) is 1.08. The second-order valence-corrected chi connectivity index (χ2v) is 5.25. The number of carbonyl (C=O) groups excluding carboxylic acids is 1. The Kier molecular flexibility index (Phi) is 4.26. The Hall–Kier alpha value is -0.220. The fourth-order valence-corrected chi connectivity index (χ4v) is 2.35. The van der Waals surface area contributed by atoms with Crippen molar-refractivity contribution < 1.29 is 4.79 Å². The highest BCUT2D eigenvalue weighted by atomic mass is 32.2. The second-order valence-electron chi connectivity index (χ2n) is 4.03. The summed E-state index contributed by atoms with van der Waals surface area (Å²) in [6, 6.07) is 0. The number of thioether (sulfide) groups is 1. The summed E-state index contributed by atoms with van der Waals surface area (Å²) in [6.45, 7) is 5.52. The SMILES string of the molecule is CCC(C)(N)C(=O)N1CCCSCC1. The third kappa shape index (κ3) is 2.89. The lowest BCUT2D eigenvalue weighted by Crippen LogP contribution is -2.53. The third-order valence-electron chi connectivity index (χ3n) is 2.73. The van der Waals surface area contributed by atoms with Crippen LogP contribution in [0.5, 0.6) is 0 Å². The van der Waals surface area contributed by atoms with Gasteiger partial charge in [0.05, 0.1) is 5.54 Å². The van der Waals surface area contributed by atoms with Crippen LogP contribution in [0.25, 0.3) is 0 Å². The molecule has 4 heteroatoms. The molecule has 1 atom stereocenters. The molecule has 1 heterocycles. The van der Waals surface area contributed by atoms with Crippen molar-refractivity contribution in [2.45, 2.75) is 32.2 Å². The molecule has 0 aliphatic carbocycles. The summed E-state index contributed by atoms with van der Waals surface area (Å²) in [5.74, 6) is 2.32. The zero-order valence-corrected chi connectivity index (χ0v) is 9.90. The third-order valence-corrected chi connectivity index (χ3v) is 3.78. The number of nitrogens with two attached hydrogens (primary N) is 1. The van der Waals surface area contributed by atoms with Crippen molar-refractivity contribution in [3.05, 3.63) is 0 Å². The normalized spacial score (nSPS) is 22.6. The summed E-state index contributed by atoms with van der Waals surface area (Å²) in [6.07, 6.45) is 1.80. The van der Waals surface area contributed by atoms with Crippen LogP contribution in [-0.2, 0) is 4.79 Å². The molecule has 3 nitrogen and oxygen atoms in total. The van der Waals surface area contributed by atoms with Gasteiger partial charge in [-0.1, -0.05) is 6.92 Å². The van der Waals surface area contributed by atoms with Gasteiger partial charge >= 0.3 is 0 Å². The number of amides is 1. The summed E-state index contributed by atoms with van der Waals surface area (Å²) in [5, 5.41) is 0. The van der Waals surface area contributed by atoms with E-state index in [1.807, 2.05) is 30.5 Å². The van der Waals surface area contributed by atoms with Crippen molar-refractivity contribution in [2.24, 2.45) is 5.73 Å². The first-order valence-electron chi connectivity index (χ1n) is 5.24. The molecule has 0 aromatic rings. The number of hydrogen-bond donors (Lipinski definition) is 1. The second kappa shape index (κ2) is 5.03. The zero-order valence-electron chi connectivity index (χ0n) is 9.08. The molecule has 1 rings (SSSR count). The minimum atomic E-state index is -0.672. The molecule has 1 saturated heterocycles. The van der Waals surface area contributed by atoms with Gasteiger partial charge in [-0.15, -0.1) is 0 Å². The minimum Gasteiger partial charge on any atom is -0.340 e. The summed E-state index contributed by atoms with van der Waals surface area (Å²) >= 11 is 1.92. The molecule has 0 spiro atoms. The van der Waals surface area contributed by atoms with Crippen LogP contribution in [-0.4, -0.2) is 40.9 Å². The molecule has 1 aliphatic rings. The van der Waals surface area contributed by atoms with Gasteiger partial charge < -0.3 is 10.6 Å². The highest BCUT2D eigenvalue weighted by Crippen LogP contribution is 2.15. The fourth-order valence-electron chi connectivity index (χ4n) is 1.46. The molecule has 0 radical (unpaired) electrons. The smallest absolute Gasteiger partial charge is 0.242 e. The number of carbonyl (C=O) groups is 1. The van der Waals surface area contributed by atoms with Crippen LogP contribution in [0.15, 0.2) is 0 Å². The molecule has 0 saturated carbocycles. The lowest BCUT2D eigenvalue weighted by atomic mass is 9.98. The van der Waals surface area contributed by atoms with E-state index in [2.05, 4.69) is 0 Å². The Labute approximate surface area is 90.4 Å². The quantitative estimate of drug-likeness (QED) is 0.751. The average molecular weight is 216 g/mol. The van der Waals surface area contributed by atoms with Gasteiger partial charge in [0.2, 0.25) is 5.91 Å². The summed E-state index contributed by atoms with van der Waals surface area (Å²) in [4.78, 5) is 13.9. The van der Waals surface area contributed by atoms with E-state index in [-0.39, 0.29) is 5.91 Å². The van der Waals surface area contributed by atoms with Crippen molar-refractivity contribution in [1.29, 1.82) is 0 Å². The van der Waals surface area contributed by atoms with E-state index in [1.54, 1.807) is 0 Å². The van der Waals surface area contributed by atoms with Crippen LogP contribution in [0.4, 0.5) is 0 Å². The number of rotatable bonds is 2. The van der Waals surface area contributed by atoms with E-state index in [9.17, 15) is 4.79 Å². The summed E-state index contributed by atoms with van der Waals surface area (Å²) < 4.78 is 0. The standard InChI is InChI=1S/C10H20N2OS/c1-3-10(2,11)9(13)12-5-4-7-14-8-6-12/h3-8,11H2,1-2H3. The Morgan fingerprint density at radius 3 is 2.86 bits per heavy atom. The van der Waals surface area contributed by atoms with Crippen LogP contribution >= 0.6 is 11.8 Å². The number of hydrogen-bond acceptors (Lipinski definition) is 3. The average Bonchev–Trinajstić information content (AvgIpc) is 2.44. The van der Waals surface area contributed by atoms with E-state index in [0.717, 1.165) is 31.0 Å². The molecule has 14 heavy (non-hydrogen) atoms. The Morgan fingerprint density at radius 2 is 2.21 bits per heavy atom. The van der Waals surface area contributed by atoms with Crippen molar-refractivity contribution in [1.82, 2.24) is 4.90 Å². The first kappa shape index (κ1) is 11.9. The van der Waals surface area contributed by atoms with Crippen LogP contribution < -0.4 is 5.73 Å². The molecule has 0 aromatic heterocycles. The van der Waals surface area contributed by atoms with E-state index < -0.39 is 5.54 Å². The molecule has 0 bridgehead atoms. The van der Waals surface area contributed by atoms with E-state index >= 15 is 0 Å². The highest BCUT2D eigenvalue weighted by molar-refractivity contribution is 7.99. The summed E-state index contributed by atoms with van der Waals surface area (Å²) in [7, 11) is 0. The first-order chi connectivity index (χ1) is 6.58. The van der Waals surface area contributed by atoms with E-state index in [4.69, 9.17) is 5.73 Å². The van der Waals surface area contributed by atoms with Gasteiger partial charge in [0.1, 0.15) is 0 Å². The zero-order chi connectivity index (χ0) is 10.6. The van der Waals surface area contributed by atoms with E-state index in [1.165, 1.54) is 0 Å². The lowest BCUT2D eigenvalue weighted by Gasteiger charge is -2.30. The largest absolute Gasteiger partial charge is 0.340 e. The van der Waals surface area contributed by atoms with Gasteiger partial charge in [-0.3, -0.25) is 4.79 Å². The van der Waals surface area contributed by atoms with Crippen molar-refractivity contribution >= 4 is 17.7 Å². The van der Waals surface area contributed by atoms with Crippen LogP contribution in [0, 0.1) is 0 Å². The van der Waals surface area contributed by atoms with E-state index in [0.29, 0.717) is 6.42 Å². The molecule has 82 valence electrons. The molecular weight excluding hydrogens is 196 g/mol. The van der Waals surface area contributed by atoms with Gasteiger partial charge in [0.25, 0.3) is 0 Å². The lowest BCUT2D eigenvalue weighted by molar-refractivity contribution is -0.136. The maximum absolute atomic E-state index is 12.0. The fraction of sp³-hybridized carbons (Fsp3) is 0.900. The Bertz CT molecular complexity index is 198. The van der Waals surface area contributed by atoms with Gasteiger partial charge in [0.15, 0.2) is 0 Å². The van der Waals surface area contributed by atoms with Gasteiger partial charge in [-0.2, -0.15) is 11.8 Å². The maximum Gasteiger partial charge on any atom is 0.242 e. The predicted molar refractivity (Wildman–Crippen MR) is 61.4 cm³/mol. The number of nitrogens with zero attached hydrogens (tertiary/aromatic N) is 1. The van der Waals surface area contributed by atoms with Crippen molar-refractivity contribution in [3.63, 3.8) is 0 Å². The molecule has 1 unspecified atom stereocenters. The minimum absolute atomic E-state index is 0.113. The molecule has 1 amide bonds. The molecule has 2 N–H and O–H groups in total. The van der Waals surface area contributed by atoms with Gasteiger partial charge in [-0.05, 0) is 25.5 Å². The molecular formula is C10H20N2OS. The summed E-state index contributed by atoms with van der Waals surface area (Å²) in [5.41, 5.74) is 5.27. The van der Waals surface area contributed by atoms with Crippen molar-refractivity contribution in [3.8, 4) is 0 Å². The van der Waals surface area contributed by atoms with Crippen LogP contribution in [0.3, 0.4) is 0 Å².